The van der Waals surface area contributed by atoms with Crippen molar-refractivity contribution < 1.29 is 17.9 Å². The van der Waals surface area contributed by atoms with Crippen LogP contribution in [0.5, 0.6) is 11.5 Å². The molecule has 0 fully saturated rings. The minimum absolute atomic E-state index is 0.347. The van der Waals surface area contributed by atoms with Crippen LogP contribution in [0.2, 0.25) is 0 Å². The Morgan fingerprint density at radius 3 is 2.35 bits per heavy atom. The Labute approximate surface area is 121 Å². The molecule has 0 aromatic heterocycles. The highest BCUT2D eigenvalue weighted by atomic mass is 32.2. The SMILES string of the molecule is CCNC(c1cc(OC)ccc1OC)C(C)S(C)(=O)=O. The molecule has 1 N–H and O–H groups in total. The van der Waals surface area contributed by atoms with Crippen LogP contribution in [0, 0.1) is 0 Å². The molecule has 0 aliphatic carbocycles. The van der Waals surface area contributed by atoms with Gasteiger partial charge in [-0.25, -0.2) is 8.42 Å². The normalized spacial score (nSPS) is 14.7. The molecule has 0 saturated carbocycles. The number of ether oxygens (including phenoxy) is 2. The molecular formula is C14H23NO4S. The third-order valence-electron chi connectivity index (χ3n) is 3.34. The van der Waals surface area contributed by atoms with Crippen LogP contribution in [-0.2, 0) is 9.84 Å². The van der Waals surface area contributed by atoms with E-state index in [0.29, 0.717) is 18.0 Å². The van der Waals surface area contributed by atoms with Crippen molar-refractivity contribution in [3.63, 3.8) is 0 Å². The van der Waals surface area contributed by atoms with Crippen LogP contribution in [0.25, 0.3) is 0 Å². The van der Waals surface area contributed by atoms with Crippen LogP contribution in [0.15, 0.2) is 18.2 Å². The Kier molecular flexibility index (Phi) is 5.83. The smallest absolute Gasteiger partial charge is 0.151 e. The van der Waals surface area contributed by atoms with Gasteiger partial charge in [-0.05, 0) is 31.7 Å². The van der Waals surface area contributed by atoms with E-state index in [4.69, 9.17) is 9.47 Å². The van der Waals surface area contributed by atoms with Crippen molar-refractivity contribution in [1.29, 1.82) is 0 Å². The highest BCUT2D eigenvalue weighted by Crippen LogP contribution is 2.32. The van der Waals surface area contributed by atoms with E-state index in [0.717, 1.165) is 5.56 Å². The molecule has 0 bridgehead atoms. The first-order chi connectivity index (χ1) is 9.35. The zero-order chi connectivity index (χ0) is 15.3. The predicted octanol–water partition coefficient (Wildman–Crippen LogP) is 1.79. The van der Waals surface area contributed by atoms with Crippen molar-refractivity contribution in [1.82, 2.24) is 5.32 Å². The second-order valence-corrected chi connectivity index (χ2v) is 7.08. The average Bonchev–Trinajstić information content (AvgIpc) is 2.42. The summed E-state index contributed by atoms with van der Waals surface area (Å²) in [7, 11) is -0.0297. The highest BCUT2D eigenvalue weighted by Gasteiger charge is 2.29. The van der Waals surface area contributed by atoms with Crippen LogP contribution >= 0.6 is 0 Å². The molecule has 0 amide bonds. The largest absolute Gasteiger partial charge is 0.497 e. The lowest BCUT2D eigenvalue weighted by Crippen LogP contribution is -2.35. The van der Waals surface area contributed by atoms with Gasteiger partial charge in [0.15, 0.2) is 9.84 Å². The topological polar surface area (TPSA) is 64.6 Å². The first kappa shape index (κ1) is 16.8. The van der Waals surface area contributed by atoms with Crippen molar-refractivity contribution >= 4 is 9.84 Å². The molecule has 0 radical (unpaired) electrons. The fraction of sp³-hybridized carbons (Fsp3) is 0.571. The lowest BCUT2D eigenvalue weighted by atomic mass is 10.0. The summed E-state index contributed by atoms with van der Waals surface area (Å²) in [5, 5.41) is 2.65. The minimum atomic E-state index is -3.18. The van der Waals surface area contributed by atoms with Crippen molar-refractivity contribution in [3.05, 3.63) is 23.8 Å². The molecule has 2 atom stereocenters. The third kappa shape index (κ3) is 3.86. The van der Waals surface area contributed by atoms with E-state index in [9.17, 15) is 8.42 Å². The van der Waals surface area contributed by atoms with Crippen molar-refractivity contribution in [2.45, 2.75) is 25.1 Å². The van der Waals surface area contributed by atoms with E-state index in [1.165, 1.54) is 6.26 Å². The number of hydrogen-bond donors (Lipinski definition) is 1. The van der Waals surface area contributed by atoms with Gasteiger partial charge >= 0.3 is 0 Å². The molecule has 114 valence electrons. The molecule has 0 aliphatic heterocycles. The quantitative estimate of drug-likeness (QED) is 0.832. The molecule has 1 aromatic carbocycles. The van der Waals surface area contributed by atoms with Gasteiger partial charge in [0.25, 0.3) is 0 Å². The predicted molar refractivity (Wildman–Crippen MR) is 80.3 cm³/mol. The number of benzene rings is 1. The van der Waals surface area contributed by atoms with Crippen LogP contribution < -0.4 is 14.8 Å². The number of nitrogens with one attached hydrogen (secondary N) is 1. The lowest BCUT2D eigenvalue weighted by molar-refractivity contribution is 0.388. The maximum atomic E-state index is 11.9. The van der Waals surface area contributed by atoms with Gasteiger partial charge in [-0.2, -0.15) is 0 Å². The summed E-state index contributed by atoms with van der Waals surface area (Å²) in [6, 6.07) is 5.04. The summed E-state index contributed by atoms with van der Waals surface area (Å²) >= 11 is 0. The van der Waals surface area contributed by atoms with Crippen LogP contribution in [-0.4, -0.2) is 40.7 Å². The van der Waals surface area contributed by atoms with Gasteiger partial charge in [-0.15, -0.1) is 0 Å². The van der Waals surface area contributed by atoms with Gasteiger partial charge in [0.2, 0.25) is 0 Å². The van der Waals surface area contributed by atoms with Gasteiger partial charge in [0.1, 0.15) is 11.5 Å². The van der Waals surface area contributed by atoms with Crippen molar-refractivity contribution in [3.8, 4) is 11.5 Å². The Hall–Kier alpha value is -1.27. The molecule has 6 heteroatoms. The number of methoxy groups -OCH3 is 2. The summed E-state index contributed by atoms with van der Waals surface area (Å²) in [6.45, 7) is 4.29. The zero-order valence-corrected chi connectivity index (χ0v) is 13.5. The van der Waals surface area contributed by atoms with E-state index >= 15 is 0 Å². The Morgan fingerprint density at radius 2 is 1.90 bits per heavy atom. The van der Waals surface area contributed by atoms with Crippen LogP contribution in [0.4, 0.5) is 0 Å². The third-order valence-corrected chi connectivity index (χ3v) is 4.96. The van der Waals surface area contributed by atoms with Gasteiger partial charge < -0.3 is 14.8 Å². The second kappa shape index (κ2) is 6.95. The number of rotatable bonds is 7. The molecule has 0 saturated heterocycles. The molecule has 20 heavy (non-hydrogen) atoms. The van der Waals surface area contributed by atoms with Crippen molar-refractivity contribution in [2.75, 3.05) is 27.0 Å². The average molecular weight is 301 g/mol. The number of hydrogen-bond acceptors (Lipinski definition) is 5. The first-order valence-corrected chi connectivity index (χ1v) is 8.44. The molecule has 0 heterocycles. The summed E-state index contributed by atoms with van der Waals surface area (Å²) in [6.07, 6.45) is 1.24. The van der Waals surface area contributed by atoms with E-state index in [2.05, 4.69) is 5.32 Å². The van der Waals surface area contributed by atoms with Gasteiger partial charge in [0, 0.05) is 11.8 Å². The van der Waals surface area contributed by atoms with E-state index in [1.54, 1.807) is 33.3 Å². The summed E-state index contributed by atoms with van der Waals surface area (Å²) < 4.78 is 34.3. The number of sulfone groups is 1. The Balaban J connectivity index is 3.33. The van der Waals surface area contributed by atoms with Crippen molar-refractivity contribution in [2.24, 2.45) is 0 Å². The van der Waals surface area contributed by atoms with Gasteiger partial charge in [-0.3, -0.25) is 0 Å². The molecule has 1 rings (SSSR count). The molecule has 0 aliphatic rings. The molecule has 0 spiro atoms. The summed E-state index contributed by atoms with van der Waals surface area (Å²) in [4.78, 5) is 0. The second-order valence-electron chi connectivity index (χ2n) is 4.68. The maximum absolute atomic E-state index is 11.9. The van der Waals surface area contributed by atoms with Crippen LogP contribution in [0.3, 0.4) is 0 Å². The zero-order valence-electron chi connectivity index (χ0n) is 12.6. The Morgan fingerprint density at radius 1 is 1.25 bits per heavy atom. The van der Waals surface area contributed by atoms with E-state index < -0.39 is 15.1 Å². The Bertz CT molecular complexity index is 542. The minimum Gasteiger partial charge on any atom is -0.497 e. The maximum Gasteiger partial charge on any atom is 0.151 e. The standard InChI is InChI=1S/C14H23NO4S/c1-6-15-14(10(2)20(5,16)17)12-9-11(18-3)7-8-13(12)19-4/h7-10,14-15H,6H2,1-5H3. The lowest BCUT2D eigenvalue weighted by Gasteiger charge is -2.26. The highest BCUT2D eigenvalue weighted by molar-refractivity contribution is 7.91. The fourth-order valence-corrected chi connectivity index (χ4v) is 2.82. The van der Waals surface area contributed by atoms with Gasteiger partial charge in [-0.1, -0.05) is 6.92 Å². The summed E-state index contributed by atoms with van der Waals surface area (Å²) in [5.41, 5.74) is 0.784. The summed E-state index contributed by atoms with van der Waals surface area (Å²) in [5.74, 6) is 1.32. The molecule has 2 unspecified atom stereocenters. The van der Waals surface area contributed by atoms with E-state index in [-0.39, 0.29) is 6.04 Å². The fourth-order valence-electron chi connectivity index (χ4n) is 2.08. The molecule has 5 nitrogen and oxygen atoms in total. The molecular weight excluding hydrogens is 278 g/mol. The first-order valence-electron chi connectivity index (χ1n) is 6.49. The monoisotopic (exact) mass is 301 g/mol. The molecule has 1 aromatic rings. The van der Waals surface area contributed by atoms with Crippen LogP contribution in [0.1, 0.15) is 25.5 Å². The van der Waals surface area contributed by atoms with Gasteiger partial charge in [0.05, 0.1) is 25.5 Å². The van der Waals surface area contributed by atoms with E-state index in [1.807, 2.05) is 13.0 Å².